The molecule has 2 heteroatoms. The SMILES string of the molecule is C=CCN1CCCC1.N. The van der Waals surface area contributed by atoms with Crippen molar-refractivity contribution < 1.29 is 0 Å². The summed E-state index contributed by atoms with van der Waals surface area (Å²) in [4.78, 5) is 2.42. The molecule has 1 aliphatic rings. The fourth-order valence-electron chi connectivity index (χ4n) is 1.15. The maximum Gasteiger partial charge on any atom is 0.0160 e. The van der Waals surface area contributed by atoms with Crippen LogP contribution in [0.25, 0.3) is 0 Å². The lowest BCUT2D eigenvalue weighted by molar-refractivity contribution is 0.377. The molecule has 0 saturated carbocycles. The molecular weight excluding hydrogens is 112 g/mol. The summed E-state index contributed by atoms with van der Waals surface area (Å²) >= 11 is 0. The molecule has 0 bridgehead atoms. The molecule has 0 amide bonds. The van der Waals surface area contributed by atoms with Gasteiger partial charge in [-0.25, -0.2) is 0 Å². The lowest BCUT2D eigenvalue weighted by Gasteiger charge is -2.09. The summed E-state index contributed by atoms with van der Waals surface area (Å²) < 4.78 is 0. The van der Waals surface area contributed by atoms with Crippen LogP contribution in [0.4, 0.5) is 0 Å². The van der Waals surface area contributed by atoms with E-state index in [9.17, 15) is 0 Å². The standard InChI is InChI=1S/C7H13N.H3N/c1-2-5-8-6-3-4-7-8;/h2H,1,3-7H2;1H3. The molecule has 0 spiro atoms. The van der Waals surface area contributed by atoms with Gasteiger partial charge in [-0.1, -0.05) is 6.08 Å². The van der Waals surface area contributed by atoms with Crippen molar-refractivity contribution in [2.45, 2.75) is 12.8 Å². The number of hydrogen-bond acceptors (Lipinski definition) is 2. The molecule has 1 rings (SSSR count). The highest BCUT2D eigenvalue weighted by Gasteiger charge is 2.07. The zero-order valence-electron chi connectivity index (χ0n) is 5.97. The van der Waals surface area contributed by atoms with Gasteiger partial charge in [-0.15, -0.1) is 6.58 Å². The van der Waals surface area contributed by atoms with Gasteiger partial charge in [0.25, 0.3) is 0 Å². The second-order valence-corrected chi connectivity index (χ2v) is 2.30. The number of nitrogens with zero attached hydrogens (tertiary/aromatic N) is 1. The van der Waals surface area contributed by atoms with Gasteiger partial charge in [-0.3, -0.25) is 4.90 Å². The minimum Gasteiger partial charge on any atom is -0.344 e. The Hall–Kier alpha value is -0.340. The summed E-state index contributed by atoms with van der Waals surface area (Å²) in [6.45, 7) is 7.33. The number of hydrogen-bond donors (Lipinski definition) is 1. The molecule has 1 heterocycles. The quantitative estimate of drug-likeness (QED) is 0.571. The third kappa shape index (κ3) is 2.63. The molecule has 0 aromatic rings. The monoisotopic (exact) mass is 128 g/mol. The van der Waals surface area contributed by atoms with Crippen molar-refractivity contribution in [3.8, 4) is 0 Å². The molecule has 0 aromatic heterocycles. The topological polar surface area (TPSA) is 38.2 Å². The van der Waals surface area contributed by atoms with Gasteiger partial charge >= 0.3 is 0 Å². The first-order valence-corrected chi connectivity index (χ1v) is 3.27. The van der Waals surface area contributed by atoms with E-state index in [2.05, 4.69) is 11.5 Å². The van der Waals surface area contributed by atoms with Gasteiger partial charge in [0.1, 0.15) is 0 Å². The Morgan fingerprint density at radius 2 is 1.89 bits per heavy atom. The zero-order valence-corrected chi connectivity index (χ0v) is 5.97. The minimum absolute atomic E-state index is 0. The molecule has 1 aliphatic heterocycles. The Labute approximate surface area is 57.1 Å². The van der Waals surface area contributed by atoms with Gasteiger partial charge in [0, 0.05) is 6.54 Å². The van der Waals surface area contributed by atoms with Crippen LogP contribution < -0.4 is 6.15 Å². The highest BCUT2D eigenvalue weighted by Crippen LogP contribution is 2.05. The Bertz CT molecular complexity index is 75.0. The van der Waals surface area contributed by atoms with Gasteiger partial charge in [0.05, 0.1) is 0 Å². The van der Waals surface area contributed by atoms with Gasteiger partial charge in [-0.2, -0.15) is 0 Å². The van der Waals surface area contributed by atoms with Crippen LogP contribution in [0.2, 0.25) is 0 Å². The molecule has 0 atom stereocenters. The van der Waals surface area contributed by atoms with Gasteiger partial charge in [0.15, 0.2) is 0 Å². The van der Waals surface area contributed by atoms with Crippen LogP contribution in [0, 0.1) is 0 Å². The van der Waals surface area contributed by atoms with E-state index in [0.29, 0.717) is 0 Å². The molecule has 9 heavy (non-hydrogen) atoms. The maximum absolute atomic E-state index is 3.68. The molecule has 0 unspecified atom stereocenters. The first-order valence-electron chi connectivity index (χ1n) is 3.27. The van der Waals surface area contributed by atoms with Gasteiger partial charge in [0.2, 0.25) is 0 Å². The normalized spacial score (nSPS) is 19.1. The Morgan fingerprint density at radius 3 is 2.33 bits per heavy atom. The molecule has 0 aliphatic carbocycles. The van der Waals surface area contributed by atoms with Crippen molar-refractivity contribution in [3.05, 3.63) is 12.7 Å². The zero-order chi connectivity index (χ0) is 5.82. The van der Waals surface area contributed by atoms with Crippen LogP contribution in [0.3, 0.4) is 0 Å². The third-order valence-electron chi connectivity index (χ3n) is 1.59. The molecular formula is C7H16N2. The summed E-state index contributed by atoms with van der Waals surface area (Å²) in [5, 5.41) is 0. The molecule has 3 N–H and O–H groups in total. The van der Waals surface area contributed by atoms with E-state index in [1.54, 1.807) is 0 Å². The molecule has 1 saturated heterocycles. The Kier molecular flexibility index (Phi) is 4.36. The second-order valence-electron chi connectivity index (χ2n) is 2.30. The van der Waals surface area contributed by atoms with E-state index >= 15 is 0 Å². The van der Waals surface area contributed by atoms with Crippen LogP contribution in [0.15, 0.2) is 12.7 Å². The summed E-state index contributed by atoms with van der Waals surface area (Å²) in [7, 11) is 0. The first kappa shape index (κ1) is 8.66. The van der Waals surface area contributed by atoms with Crippen molar-refractivity contribution in [2.75, 3.05) is 19.6 Å². The van der Waals surface area contributed by atoms with Crippen LogP contribution in [-0.2, 0) is 0 Å². The molecule has 1 fully saturated rings. The Morgan fingerprint density at radius 1 is 1.33 bits per heavy atom. The van der Waals surface area contributed by atoms with Crippen molar-refractivity contribution in [3.63, 3.8) is 0 Å². The van der Waals surface area contributed by atoms with E-state index in [1.807, 2.05) is 6.08 Å². The summed E-state index contributed by atoms with van der Waals surface area (Å²) in [5.74, 6) is 0. The van der Waals surface area contributed by atoms with Crippen LogP contribution in [0.1, 0.15) is 12.8 Å². The van der Waals surface area contributed by atoms with Crippen molar-refractivity contribution >= 4 is 0 Å². The molecule has 0 radical (unpaired) electrons. The predicted octanol–water partition coefficient (Wildman–Crippen LogP) is 1.43. The first-order chi connectivity index (χ1) is 3.93. The second kappa shape index (κ2) is 4.53. The lowest BCUT2D eigenvalue weighted by atomic mass is 10.4. The summed E-state index contributed by atoms with van der Waals surface area (Å²) in [6, 6.07) is 0. The Balaban J connectivity index is 0.000000640. The van der Waals surface area contributed by atoms with Crippen LogP contribution in [-0.4, -0.2) is 24.5 Å². The van der Waals surface area contributed by atoms with Crippen molar-refractivity contribution in [2.24, 2.45) is 0 Å². The lowest BCUT2D eigenvalue weighted by Crippen LogP contribution is -2.18. The molecule has 0 aromatic carbocycles. The highest BCUT2D eigenvalue weighted by atomic mass is 15.1. The van der Waals surface area contributed by atoms with Crippen molar-refractivity contribution in [1.82, 2.24) is 11.1 Å². The molecule has 2 nitrogen and oxygen atoms in total. The van der Waals surface area contributed by atoms with Crippen molar-refractivity contribution in [1.29, 1.82) is 0 Å². The minimum atomic E-state index is 0. The van der Waals surface area contributed by atoms with E-state index in [-0.39, 0.29) is 6.15 Å². The summed E-state index contributed by atoms with van der Waals surface area (Å²) in [5.41, 5.74) is 0. The number of likely N-dealkylation sites (tertiary alicyclic amines) is 1. The summed E-state index contributed by atoms with van der Waals surface area (Å²) in [6.07, 6.45) is 4.74. The van der Waals surface area contributed by atoms with E-state index < -0.39 is 0 Å². The smallest absolute Gasteiger partial charge is 0.0160 e. The largest absolute Gasteiger partial charge is 0.344 e. The van der Waals surface area contributed by atoms with E-state index in [1.165, 1.54) is 25.9 Å². The number of rotatable bonds is 2. The molecule has 54 valence electrons. The predicted molar refractivity (Wildman–Crippen MR) is 40.9 cm³/mol. The average molecular weight is 128 g/mol. The van der Waals surface area contributed by atoms with Gasteiger partial charge in [-0.05, 0) is 25.9 Å². The fourth-order valence-corrected chi connectivity index (χ4v) is 1.15. The third-order valence-corrected chi connectivity index (χ3v) is 1.59. The fraction of sp³-hybridized carbons (Fsp3) is 0.714. The maximum atomic E-state index is 3.68. The van der Waals surface area contributed by atoms with Crippen LogP contribution >= 0.6 is 0 Å². The van der Waals surface area contributed by atoms with Crippen LogP contribution in [0.5, 0.6) is 0 Å². The van der Waals surface area contributed by atoms with E-state index in [0.717, 1.165) is 6.54 Å². The van der Waals surface area contributed by atoms with Gasteiger partial charge < -0.3 is 6.15 Å². The highest BCUT2D eigenvalue weighted by molar-refractivity contribution is 4.76. The average Bonchev–Trinajstić information content (AvgIpc) is 2.19. The van der Waals surface area contributed by atoms with E-state index in [4.69, 9.17) is 0 Å².